The van der Waals surface area contributed by atoms with Crippen LogP contribution in [0.15, 0.2) is 0 Å². The van der Waals surface area contributed by atoms with Crippen LogP contribution in [0.5, 0.6) is 0 Å². The number of piperazine rings is 1. The first kappa shape index (κ1) is 1.74. The van der Waals surface area contributed by atoms with Gasteiger partial charge in [0.2, 0.25) is 5.91 Å². The molecule has 1 saturated heterocycles. The summed E-state index contributed by atoms with van der Waals surface area (Å²) < 4.78 is 28.3. The summed E-state index contributed by atoms with van der Waals surface area (Å²) in [6, 6.07) is 0. The Morgan fingerprint density at radius 3 is 3.14 bits per heavy atom. The van der Waals surface area contributed by atoms with E-state index >= 15 is 0 Å². The van der Waals surface area contributed by atoms with Gasteiger partial charge in [0.15, 0.2) is 0 Å². The van der Waals surface area contributed by atoms with Gasteiger partial charge in [-0.3, -0.25) is 4.79 Å². The van der Waals surface area contributed by atoms with Gasteiger partial charge in [-0.05, 0) is 0 Å². The third kappa shape index (κ3) is 1.16. The van der Waals surface area contributed by atoms with Crippen molar-refractivity contribution >= 4 is 5.91 Å². The van der Waals surface area contributed by atoms with Gasteiger partial charge in [-0.15, -0.1) is 0 Å². The van der Waals surface area contributed by atoms with E-state index in [1.165, 1.54) is 0 Å². The highest BCUT2D eigenvalue weighted by molar-refractivity contribution is 5.78. The van der Waals surface area contributed by atoms with Gasteiger partial charge in [-0.25, -0.2) is 0 Å². The first-order valence-electron chi connectivity index (χ1n) is 3.91. The molecule has 0 unspecified atom stereocenters. The topological polar surface area (TPSA) is 41.1 Å². The molecule has 0 saturated carbocycles. The smallest absolute Gasteiger partial charge is 0.234 e. The predicted molar refractivity (Wildman–Crippen MR) is 25.9 cm³/mol. The van der Waals surface area contributed by atoms with Gasteiger partial charge < -0.3 is 10.6 Å². The summed E-state index contributed by atoms with van der Waals surface area (Å²) in [6.45, 7) is -4.71. The Kier molecular flexibility index (Phi) is 0.481. The maximum Gasteiger partial charge on any atom is 0.234 e. The number of carbonyl (C=O) groups is 1. The number of nitrogens with one attached hydrogen (secondary N) is 2. The van der Waals surface area contributed by atoms with Crippen molar-refractivity contribution in [3.63, 3.8) is 0 Å². The molecule has 0 aromatic carbocycles. The van der Waals surface area contributed by atoms with Gasteiger partial charge in [0.25, 0.3) is 0 Å². The molecule has 0 aliphatic carbocycles. The zero-order valence-electron chi connectivity index (χ0n) is 7.62. The fourth-order valence-electron chi connectivity index (χ4n) is 0.314. The molecule has 0 atom stereocenters. The standard InChI is InChI=1S/C4H8N2O/c7-4-3-5-1-2-6-4/h5H,1-3H2,(H,6,7)/i1D2,2D2. The van der Waals surface area contributed by atoms with Crippen molar-refractivity contribution in [2.45, 2.75) is 0 Å². The summed E-state index contributed by atoms with van der Waals surface area (Å²) in [5, 5.41) is 4.05. The van der Waals surface area contributed by atoms with E-state index in [0.717, 1.165) is 0 Å². The normalized spacial score (nSPS) is 44.3. The van der Waals surface area contributed by atoms with E-state index in [1.807, 2.05) is 5.32 Å². The SMILES string of the molecule is [2H]C1([2H])NCC(=O)NC1([2H])[2H]. The third-order valence-electron chi connectivity index (χ3n) is 0.602. The molecule has 1 heterocycles. The monoisotopic (exact) mass is 104 g/mol. The van der Waals surface area contributed by atoms with Crippen molar-refractivity contribution in [1.29, 1.82) is 0 Å². The summed E-state index contributed by atoms with van der Waals surface area (Å²) in [5.41, 5.74) is 0. The van der Waals surface area contributed by atoms with Crippen molar-refractivity contribution in [2.75, 3.05) is 19.5 Å². The molecular weight excluding hydrogens is 92.1 g/mol. The van der Waals surface area contributed by atoms with Crippen molar-refractivity contribution in [3.8, 4) is 0 Å². The van der Waals surface area contributed by atoms with Crippen molar-refractivity contribution in [3.05, 3.63) is 0 Å². The Hall–Kier alpha value is -0.570. The summed E-state index contributed by atoms with van der Waals surface area (Å²) >= 11 is 0. The number of hydrogen-bond donors (Lipinski definition) is 2. The highest BCUT2D eigenvalue weighted by atomic mass is 16.2. The van der Waals surface area contributed by atoms with Gasteiger partial charge in [-0.2, -0.15) is 0 Å². The molecule has 1 amide bonds. The van der Waals surface area contributed by atoms with Crippen molar-refractivity contribution in [2.24, 2.45) is 0 Å². The molecule has 1 rings (SSSR count). The lowest BCUT2D eigenvalue weighted by Gasteiger charge is -2.11. The molecule has 3 heteroatoms. The lowest BCUT2D eigenvalue weighted by molar-refractivity contribution is -0.121. The van der Waals surface area contributed by atoms with E-state index in [2.05, 4.69) is 5.32 Å². The Labute approximate surface area is 47.7 Å². The highest BCUT2D eigenvalue weighted by Gasteiger charge is 2.02. The summed E-state index contributed by atoms with van der Waals surface area (Å²) in [4.78, 5) is 10.6. The molecule has 40 valence electrons. The van der Waals surface area contributed by atoms with Crippen LogP contribution in [0.4, 0.5) is 0 Å². The minimum absolute atomic E-state index is 0.188. The van der Waals surface area contributed by atoms with E-state index in [4.69, 9.17) is 5.48 Å². The van der Waals surface area contributed by atoms with Gasteiger partial charge in [0.1, 0.15) is 0 Å². The fraction of sp³-hybridized carbons (Fsp3) is 0.750. The molecule has 0 radical (unpaired) electrons. The zero-order chi connectivity index (χ0) is 8.70. The molecule has 1 fully saturated rings. The average molecular weight is 104 g/mol. The fourth-order valence-corrected chi connectivity index (χ4v) is 0.314. The van der Waals surface area contributed by atoms with E-state index in [-0.39, 0.29) is 6.54 Å². The van der Waals surface area contributed by atoms with Crippen LogP contribution in [-0.4, -0.2) is 25.4 Å². The molecular formula is C4H8N2O. The maximum atomic E-state index is 10.6. The minimum atomic E-state index is -2.33. The molecule has 1 aliphatic rings. The quantitative estimate of drug-likeness (QED) is 0.401. The molecule has 3 nitrogen and oxygen atoms in total. The Morgan fingerprint density at radius 1 is 1.71 bits per heavy atom. The van der Waals surface area contributed by atoms with Gasteiger partial charge in [0, 0.05) is 15.7 Å². The van der Waals surface area contributed by atoms with Crippen LogP contribution in [0, 0.1) is 0 Å². The van der Waals surface area contributed by atoms with Crippen molar-refractivity contribution < 1.29 is 10.3 Å². The third-order valence-corrected chi connectivity index (χ3v) is 0.602. The summed E-state index contributed by atoms with van der Waals surface area (Å²) in [6.07, 6.45) is 0. The van der Waals surface area contributed by atoms with Crippen LogP contribution in [0.1, 0.15) is 5.48 Å². The maximum absolute atomic E-state index is 10.6. The predicted octanol–water partition coefficient (Wildman–Crippen LogP) is -1.29. The zero-order valence-corrected chi connectivity index (χ0v) is 3.62. The first-order chi connectivity index (χ1) is 4.85. The number of amides is 1. The molecule has 0 aromatic rings. The molecule has 1 aliphatic heterocycles. The second kappa shape index (κ2) is 1.93. The Bertz CT molecular complexity index is 193. The lowest BCUT2D eigenvalue weighted by atomic mass is 10.4. The van der Waals surface area contributed by atoms with Crippen LogP contribution < -0.4 is 10.6 Å². The second-order valence-corrected chi connectivity index (χ2v) is 1.15. The van der Waals surface area contributed by atoms with Gasteiger partial charge in [0.05, 0.1) is 9.29 Å². The molecule has 0 aromatic heterocycles. The van der Waals surface area contributed by atoms with E-state index in [9.17, 15) is 4.79 Å². The van der Waals surface area contributed by atoms with Crippen LogP contribution >= 0.6 is 0 Å². The summed E-state index contributed by atoms with van der Waals surface area (Å²) in [5.74, 6) is -0.537. The highest BCUT2D eigenvalue weighted by Crippen LogP contribution is 1.69. The van der Waals surface area contributed by atoms with Gasteiger partial charge in [-0.1, -0.05) is 0 Å². The number of rotatable bonds is 0. The minimum Gasteiger partial charge on any atom is -0.354 e. The largest absolute Gasteiger partial charge is 0.354 e. The molecule has 7 heavy (non-hydrogen) atoms. The second-order valence-electron chi connectivity index (χ2n) is 1.15. The average Bonchev–Trinajstić information content (AvgIpc) is 1.80. The van der Waals surface area contributed by atoms with Gasteiger partial charge >= 0.3 is 0 Å². The Balaban J connectivity index is 2.80. The van der Waals surface area contributed by atoms with Crippen LogP contribution in [0.2, 0.25) is 0 Å². The molecule has 2 N–H and O–H groups in total. The number of hydrogen-bond acceptors (Lipinski definition) is 2. The molecule has 0 bridgehead atoms. The van der Waals surface area contributed by atoms with Crippen LogP contribution in [0.25, 0.3) is 0 Å². The molecule has 0 spiro atoms. The van der Waals surface area contributed by atoms with E-state index < -0.39 is 18.9 Å². The lowest BCUT2D eigenvalue weighted by Crippen LogP contribution is -2.44. The first-order valence-corrected chi connectivity index (χ1v) is 1.91. The Morgan fingerprint density at radius 2 is 2.57 bits per heavy atom. The van der Waals surface area contributed by atoms with Crippen LogP contribution in [-0.2, 0) is 4.79 Å². The van der Waals surface area contributed by atoms with E-state index in [1.54, 1.807) is 0 Å². The van der Waals surface area contributed by atoms with E-state index in [0.29, 0.717) is 0 Å². The van der Waals surface area contributed by atoms with Crippen LogP contribution in [0.3, 0.4) is 0 Å². The van der Waals surface area contributed by atoms with Crippen molar-refractivity contribution in [1.82, 2.24) is 10.6 Å². The summed E-state index contributed by atoms with van der Waals surface area (Å²) in [7, 11) is 0. The number of carbonyl (C=O) groups excluding carboxylic acids is 1.